The lowest BCUT2D eigenvalue weighted by molar-refractivity contribution is 0.284. The Morgan fingerprint density at radius 1 is 1.24 bits per heavy atom. The van der Waals surface area contributed by atoms with Gasteiger partial charge in [-0.1, -0.05) is 35.9 Å². The van der Waals surface area contributed by atoms with E-state index in [4.69, 9.17) is 33.3 Å². The highest BCUT2D eigenvalue weighted by atomic mass is 35.5. The van der Waals surface area contributed by atoms with Gasteiger partial charge in [-0.3, -0.25) is 5.10 Å². The first-order valence-electron chi connectivity index (χ1n) is 7.56. The number of methoxy groups -OCH3 is 1. The molecule has 0 fully saturated rings. The zero-order chi connectivity index (χ0) is 17.6. The van der Waals surface area contributed by atoms with Crippen LogP contribution in [0.3, 0.4) is 0 Å². The molecule has 0 aliphatic carbocycles. The average molecular weight is 377 g/mol. The van der Waals surface area contributed by atoms with Crippen molar-refractivity contribution in [3.63, 3.8) is 0 Å². The molecule has 2 N–H and O–H groups in total. The summed E-state index contributed by atoms with van der Waals surface area (Å²) in [5, 5.41) is 7.22. The number of rotatable bonds is 7. The van der Waals surface area contributed by atoms with E-state index in [1.54, 1.807) is 18.1 Å². The van der Waals surface area contributed by atoms with E-state index in [9.17, 15) is 0 Å². The van der Waals surface area contributed by atoms with Crippen molar-refractivity contribution in [1.29, 1.82) is 0 Å². The normalized spacial score (nSPS) is 10.5. The molecule has 2 aromatic carbocycles. The van der Waals surface area contributed by atoms with Gasteiger partial charge in [-0.2, -0.15) is 5.10 Å². The highest BCUT2D eigenvalue weighted by Gasteiger charge is 2.08. The number of hydrogen-bond donors (Lipinski definition) is 2. The van der Waals surface area contributed by atoms with E-state index in [2.05, 4.69) is 15.6 Å². The minimum atomic E-state index is 0.373. The Morgan fingerprint density at radius 3 is 2.80 bits per heavy atom. The van der Waals surface area contributed by atoms with Crippen molar-refractivity contribution >= 4 is 23.8 Å². The minimum Gasteiger partial charge on any atom is -0.493 e. The average Bonchev–Trinajstić information content (AvgIpc) is 3.04. The Bertz CT molecular complexity index is 909. The molecule has 0 aliphatic rings. The van der Waals surface area contributed by atoms with E-state index in [0.29, 0.717) is 34.4 Å². The number of benzene rings is 2. The number of ether oxygens (including phenoxy) is 2. The van der Waals surface area contributed by atoms with Crippen LogP contribution in [-0.4, -0.2) is 22.0 Å². The van der Waals surface area contributed by atoms with Crippen molar-refractivity contribution < 1.29 is 9.47 Å². The summed E-state index contributed by atoms with van der Waals surface area (Å²) < 4.78 is 13.4. The molecular formula is C17H17ClN4O2S. The summed E-state index contributed by atoms with van der Waals surface area (Å²) in [4.78, 5) is 0. The topological polar surface area (TPSA) is 64.1 Å². The summed E-state index contributed by atoms with van der Waals surface area (Å²) in [6, 6.07) is 13.3. The summed E-state index contributed by atoms with van der Waals surface area (Å²) in [5.74, 6) is 1.31. The Kier molecular flexibility index (Phi) is 5.57. The van der Waals surface area contributed by atoms with Gasteiger partial charge in [-0.25, -0.2) is 4.68 Å². The molecule has 130 valence electrons. The molecule has 0 saturated heterocycles. The standard InChI is InChI=1S/C17H17ClN4O2S/c1-23-16-8-12(9-20-22-11-19-21-17(22)25)6-7-15(16)24-10-13-4-2-3-5-14(13)18/h2-8,11,20H,9-10H2,1H3,(H,21,25). The predicted octanol–water partition coefficient (Wildman–Crippen LogP) is 3.93. The van der Waals surface area contributed by atoms with Gasteiger partial charge < -0.3 is 14.9 Å². The van der Waals surface area contributed by atoms with Gasteiger partial charge in [0, 0.05) is 10.6 Å². The minimum absolute atomic E-state index is 0.373. The second-order valence-electron chi connectivity index (χ2n) is 5.23. The summed E-state index contributed by atoms with van der Waals surface area (Å²) in [6.07, 6.45) is 1.58. The lowest BCUT2D eigenvalue weighted by atomic mass is 10.2. The summed E-state index contributed by atoms with van der Waals surface area (Å²) in [5.41, 5.74) is 5.09. The van der Waals surface area contributed by atoms with Gasteiger partial charge >= 0.3 is 0 Å². The third kappa shape index (κ3) is 4.32. The molecule has 3 rings (SSSR count). The Balaban J connectivity index is 1.68. The number of aromatic nitrogens is 3. The quantitative estimate of drug-likeness (QED) is 0.612. The molecule has 3 aromatic rings. The first-order chi connectivity index (χ1) is 12.2. The predicted molar refractivity (Wildman–Crippen MR) is 99.3 cm³/mol. The van der Waals surface area contributed by atoms with Crippen molar-refractivity contribution in [1.82, 2.24) is 14.9 Å². The molecular weight excluding hydrogens is 360 g/mol. The molecule has 0 spiro atoms. The van der Waals surface area contributed by atoms with Crippen LogP contribution < -0.4 is 14.9 Å². The number of aromatic amines is 1. The third-order valence-electron chi connectivity index (χ3n) is 3.57. The largest absolute Gasteiger partial charge is 0.493 e. The maximum Gasteiger partial charge on any atom is 0.214 e. The van der Waals surface area contributed by atoms with E-state index in [1.165, 1.54) is 0 Å². The molecule has 0 bridgehead atoms. The Labute approximate surface area is 155 Å². The molecule has 6 nitrogen and oxygen atoms in total. The molecule has 1 heterocycles. The molecule has 1 aromatic heterocycles. The molecule has 0 unspecified atom stereocenters. The second kappa shape index (κ2) is 8.04. The van der Waals surface area contributed by atoms with Gasteiger partial charge in [-0.05, 0) is 36.0 Å². The number of hydrogen-bond acceptors (Lipinski definition) is 5. The van der Waals surface area contributed by atoms with Crippen LogP contribution in [0.15, 0.2) is 48.8 Å². The molecule has 0 atom stereocenters. The van der Waals surface area contributed by atoms with E-state index in [0.717, 1.165) is 11.1 Å². The maximum atomic E-state index is 6.15. The molecule has 0 saturated carbocycles. The number of H-pyrrole nitrogens is 1. The second-order valence-corrected chi connectivity index (χ2v) is 6.03. The molecule has 8 heteroatoms. The van der Waals surface area contributed by atoms with Crippen molar-refractivity contribution in [3.05, 3.63) is 69.7 Å². The van der Waals surface area contributed by atoms with Crippen molar-refractivity contribution in [2.75, 3.05) is 12.5 Å². The number of nitrogens with zero attached hydrogens (tertiary/aromatic N) is 2. The molecule has 25 heavy (non-hydrogen) atoms. The number of nitrogens with one attached hydrogen (secondary N) is 2. The van der Waals surface area contributed by atoms with Crippen LogP contribution >= 0.6 is 23.8 Å². The van der Waals surface area contributed by atoms with Crippen molar-refractivity contribution in [2.45, 2.75) is 13.2 Å². The van der Waals surface area contributed by atoms with Gasteiger partial charge in [0.1, 0.15) is 12.9 Å². The fraction of sp³-hybridized carbons (Fsp3) is 0.176. The van der Waals surface area contributed by atoms with E-state index in [-0.39, 0.29) is 0 Å². The first kappa shape index (κ1) is 17.3. The molecule has 0 radical (unpaired) electrons. The zero-order valence-electron chi connectivity index (χ0n) is 13.5. The van der Waals surface area contributed by atoms with Crippen LogP contribution in [0.25, 0.3) is 0 Å². The van der Waals surface area contributed by atoms with Crippen LogP contribution in [-0.2, 0) is 13.2 Å². The van der Waals surface area contributed by atoms with Gasteiger partial charge in [0.15, 0.2) is 11.5 Å². The van der Waals surface area contributed by atoms with Gasteiger partial charge in [0.05, 0.1) is 13.7 Å². The Morgan fingerprint density at radius 2 is 2.08 bits per heavy atom. The highest BCUT2D eigenvalue weighted by Crippen LogP contribution is 2.29. The number of halogens is 1. The zero-order valence-corrected chi connectivity index (χ0v) is 15.1. The fourth-order valence-electron chi connectivity index (χ4n) is 2.25. The van der Waals surface area contributed by atoms with Crippen LogP contribution in [0.2, 0.25) is 5.02 Å². The van der Waals surface area contributed by atoms with Crippen LogP contribution in [0.1, 0.15) is 11.1 Å². The van der Waals surface area contributed by atoms with Gasteiger partial charge in [-0.15, -0.1) is 0 Å². The first-order valence-corrected chi connectivity index (χ1v) is 8.35. The highest BCUT2D eigenvalue weighted by molar-refractivity contribution is 7.71. The summed E-state index contributed by atoms with van der Waals surface area (Å²) in [6.45, 7) is 0.937. The van der Waals surface area contributed by atoms with Crippen LogP contribution in [0.5, 0.6) is 11.5 Å². The van der Waals surface area contributed by atoms with E-state index in [1.807, 2.05) is 42.5 Å². The van der Waals surface area contributed by atoms with Crippen molar-refractivity contribution in [3.8, 4) is 11.5 Å². The Hall–Kier alpha value is -2.51. The van der Waals surface area contributed by atoms with E-state index < -0.39 is 0 Å². The fourth-order valence-corrected chi connectivity index (χ4v) is 2.60. The van der Waals surface area contributed by atoms with Gasteiger partial charge in [0.2, 0.25) is 4.77 Å². The molecule has 0 aliphatic heterocycles. The smallest absolute Gasteiger partial charge is 0.214 e. The third-order valence-corrected chi connectivity index (χ3v) is 4.23. The summed E-state index contributed by atoms with van der Waals surface area (Å²) >= 11 is 11.2. The van der Waals surface area contributed by atoms with Gasteiger partial charge in [0.25, 0.3) is 0 Å². The SMILES string of the molecule is COc1cc(CNn2cn[nH]c2=S)ccc1OCc1ccccc1Cl. The van der Waals surface area contributed by atoms with Crippen molar-refractivity contribution in [2.24, 2.45) is 0 Å². The lowest BCUT2D eigenvalue weighted by Gasteiger charge is -2.13. The van der Waals surface area contributed by atoms with E-state index >= 15 is 0 Å². The van der Waals surface area contributed by atoms with Crippen LogP contribution in [0.4, 0.5) is 0 Å². The van der Waals surface area contributed by atoms with Crippen LogP contribution in [0, 0.1) is 4.77 Å². The summed E-state index contributed by atoms with van der Waals surface area (Å²) in [7, 11) is 1.61. The monoisotopic (exact) mass is 376 g/mol. The maximum absolute atomic E-state index is 6.15. The molecule has 0 amide bonds. The lowest BCUT2D eigenvalue weighted by Crippen LogP contribution is -2.13.